The summed E-state index contributed by atoms with van der Waals surface area (Å²) in [6.45, 7) is 3.97. The molecule has 2 aromatic carbocycles. The summed E-state index contributed by atoms with van der Waals surface area (Å²) in [7, 11) is -4.27. The lowest BCUT2D eigenvalue weighted by molar-refractivity contribution is 0.0696. The van der Waals surface area contributed by atoms with Crippen LogP contribution in [0.5, 0.6) is 17.2 Å². The normalized spacial score (nSPS) is 19.6. The Kier molecular flexibility index (Phi) is 5.22. The number of carboxylic acids is 1. The molecule has 1 saturated heterocycles. The number of aromatic hydroxyl groups is 1. The number of phenolic OH excluding ortho intramolecular Hbond substituents is 1. The summed E-state index contributed by atoms with van der Waals surface area (Å²) < 4.78 is 30.4. The number of sulfonamides is 1. The molecule has 9 heteroatoms. The Morgan fingerprint density at radius 3 is 2.21 bits per heavy atom. The number of benzene rings is 2. The van der Waals surface area contributed by atoms with Gasteiger partial charge in [-0.2, -0.15) is 0 Å². The fraction of sp³-hybridized carbons (Fsp3) is 0.316. The maximum Gasteiger partial charge on any atom is 0.335 e. The molecular formula is C19H22N2O6S. The quantitative estimate of drug-likeness (QED) is 0.696. The molecule has 8 nitrogen and oxygen atoms in total. The number of rotatable bonds is 5. The fourth-order valence-corrected chi connectivity index (χ4v) is 4.21. The number of primary sulfonamides is 1. The maximum absolute atomic E-state index is 12.2. The van der Waals surface area contributed by atoms with E-state index in [4.69, 9.17) is 9.88 Å². The maximum atomic E-state index is 12.2. The van der Waals surface area contributed by atoms with Crippen LogP contribution in [0.25, 0.3) is 0 Å². The molecule has 1 aliphatic heterocycles. The molecule has 2 aromatic rings. The predicted octanol–water partition coefficient (Wildman–Crippen LogP) is 2.91. The Balaban J connectivity index is 2.26. The van der Waals surface area contributed by atoms with Gasteiger partial charge < -0.3 is 19.8 Å². The first-order chi connectivity index (χ1) is 13.1. The van der Waals surface area contributed by atoms with Gasteiger partial charge in [0.2, 0.25) is 10.0 Å². The van der Waals surface area contributed by atoms with E-state index >= 15 is 0 Å². The minimum atomic E-state index is -4.27. The molecule has 0 aliphatic carbocycles. The highest BCUT2D eigenvalue weighted by Crippen LogP contribution is 2.43. The molecular weight excluding hydrogens is 384 g/mol. The molecule has 3 rings (SSSR count). The zero-order valence-corrected chi connectivity index (χ0v) is 16.3. The summed E-state index contributed by atoms with van der Waals surface area (Å²) in [6, 6.07) is 8.30. The number of nitrogens with two attached hydrogens (primary N) is 1. The second-order valence-corrected chi connectivity index (χ2v) is 8.48. The van der Waals surface area contributed by atoms with Crippen molar-refractivity contribution in [2.75, 3.05) is 4.90 Å². The molecule has 4 N–H and O–H groups in total. The van der Waals surface area contributed by atoms with Crippen LogP contribution in [0.1, 0.15) is 37.0 Å². The zero-order chi connectivity index (χ0) is 20.6. The Morgan fingerprint density at radius 2 is 1.71 bits per heavy atom. The molecule has 0 radical (unpaired) electrons. The number of ether oxygens (including phenoxy) is 1. The summed E-state index contributed by atoms with van der Waals surface area (Å²) in [5, 5.41) is 24.3. The van der Waals surface area contributed by atoms with E-state index in [2.05, 4.69) is 0 Å². The van der Waals surface area contributed by atoms with Crippen LogP contribution in [0.4, 0.5) is 5.69 Å². The van der Waals surface area contributed by atoms with Gasteiger partial charge >= 0.3 is 5.97 Å². The van der Waals surface area contributed by atoms with E-state index in [1.165, 1.54) is 30.3 Å². The van der Waals surface area contributed by atoms with E-state index in [1.807, 2.05) is 18.7 Å². The van der Waals surface area contributed by atoms with Crippen LogP contribution in [-0.4, -0.2) is 36.7 Å². The minimum Gasteiger partial charge on any atom is -0.508 e. The smallest absolute Gasteiger partial charge is 0.335 e. The van der Waals surface area contributed by atoms with Crippen molar-refractivity contribution in [1.82, 2.24) is 0 Å². The zero-order valence-electron chi connectivity index (χ0n) is 15.5. The lowest BCUT2D eigenvalue weighted by Gasteiger charge is -2.31. The third kappa shape index (κ3) is 3.90. The lowest BCUT2D eigenvalue weighted by atomic mass is 10.1. The molecule has 0 bridgehead atoms. The summed E-state index contributed by atoms with van der Waals surface area (Å²) in [4.78, 5) is 13.1. The van der Waals surface area contributed by atoms with Crippen LogP contribution in [0.15, 0.2) is 41.3 Å². The third-order valence-electron chi connectivity index (χ3n) is 4.88. The van der Waals surface area contributed by atoms with E-state index in [0.29, 0.717) is 5.69 Å². The Bertz CT molecular complexity index is 994. The van der Waals surface area contributed by atoms with Crippen molar-refractivity contribution in [1.29, 1.82) is 0 Å². The number of hydrogen-bond donors (Lipinski definition) is 3. The van der Waals surface area contributed by atoms with Gasteiger partial charge in [-0.25, -0.2) is 18.4 Å². The van der Waals surface area contributed by atoms with Crippen LogP contribution < -0.4 is 14.8 Å². The molecule has 28 heavy (non-hydrogen) atoms. The van der Waals surface area contributed by atoms with Crippen molar-refractivity contribution in [3.8, 4) is 17.2 Å². The van der Waals surface area contributed by atoms with Gasteiger partial charge in [-0.15, -0.1) is 0 Å². The molecule has 1 fully saturated rings. The number of aromatic carboxylic acids is 1. The van der Waals surface area contributed by atoms with E-state index < -0.39 is 20.9 Å². The molecule has 0 aromatic heterocycles. The van der Waals surface area contributed by atoms with Gasteiger partial charge in [0.1, 0.15) is 16.4 Å². The summed E-state index contributed by atoms with van der Waals surface area (Å²) in [5.41, 5.74) is 0.165. The van der Waals surface area contributed by atoms with Crippen molar-refractivity contribution in [2.45, 2.75) is 43.7 Å². The highest BCUT2D eigenvalue weighted by atomic mass is 32.2. The van der Waals surface area contributed by atoms with Gasteiger partial charge in [-0.1, -0.05) is 0 Å². The topological polar surface area (TPSA) is 130 Å². The predicted molar refractivity (Wildman–Crippen MR) is 104 cm³/mol. The molecule has 1 heterocycles. The summed E-state index contributed by atoms with van der Waals surface area (Å²) in [5.74, 6) is -0.977. The van der Waals surface area contributed by atoms with Crippen LogP contribution in [0.2, 0.25) is 0 Å². The van der Waals surface area contributed by atoms with Crippen molar-refractivity contribution < 1.29 is 28.2 Å². The standard InChI is InChI=1S/C19H22N2O6S/c1-11-3-4-12(2)21(11)16-9-13(19(23)24)10-17(28(20,25)26)18(16)27-15-7-5-14(22)6-8-15/h5-12,22H,3-4H2,1-2H3,(H,23,24)(H2,20,25,26). The minimum absolute atomic E-state index is 0.0289. The van der Waals surface area contributed by atoms with Crippen molar-refractivity contribution >= 4 is 21.7 Å². The molecule has 2 atom stereocenters. The highest BCUT2D eigenvalue weighted by Gasteiger charge is 2.33. The Morgan fingerprint density at radius 1 is 1.14 bits per heavy atom. The van der Waals surface area contributed by atoms with Crippen molar-refractivity contribution in [3.63, 3.8) is 0 Å². The number of nitrogens with zero attached hydrogens (tertiary/aromatic N) is 1. The van der Waals surface area contributed by atoms with Crippen LogP contribution in [0, 0.1) is 0 Å². The average Bonchev–Trinajstić information content (AvgIpc) is 2.94. The lowest BCUT2D eigenvalue weighted by Crippen LogP contribution is -2.33. The van der Waals surface area contributed by atoms with Crippen LogP contribution in [-0.2, 0) is 10.0 Å². The van der Waals surface area contributed by atoms with Gasteiger partial charge in [-0.3, -0.25) is 0 Å². The number of anilines is 1. The van der Waals surface area contributed by atoms with Gasteiger partial charge in [0.25, 0.3) is 0 Å². The van der Waals surface area contributed by atoms with Crippen LogP contribution >= 0.6 is 0 Å². The van der Waals surface area contributed by atoms with Crippen molar-refractivity contribution in [3.05, 3.63) is 42.0 Å². The number of hydrogen-bond acceptors (Lipinski definition) is 6. The number of carbonyl (C=O) groups is 1. The molecule has 0 spiro atoms. The molecule has 0 saturated carbocycles. The largest absolute Gasteiger partial charge is 0.508 e. The number of carboxylic acid groups (broad SMARTS) is 1. The van der Waals surface area contributed by atoms with E-state index in [9.17, 15) is 23.4 Å². The molecule has 1 aliphatic rings. The molecule has 2 unspecified atom stereocenters. The van der Waals surface area contributed by atoms with E-state index in [1.54, 1.807) is 0 Å². The molecule has 150 valence electrons. The third-order valence-corrected chi connectivity index (χ3v) is 5.79. The second kappa shape index (κ2) is 7.33. The summed E-state index contributed by atoms with van der Waals surface area (Å²) >= 11 is 0. The Labute approximate surface area is 163 Å². The summed E-state index contributed by atoms with van der Waals surface area (Å²) in [6.07, 6.45) is 1.75. The monoisotopic (exact) mass is 406 g/mol. The van der Waals surface area contributed by atoms with E-state index in [0.717, 1.165) is 18.9 Å². The number of phenols is 1. The fourth-order valence-electron chi connectivity index (χ4n) is 3.52. The molecule has 0 amide bonds. The first-order valence-electron chi connectivity index (χ1n) is 8.77. The SMILES string of the molecule is CC1CCC(C)N1c1cc(C(=O)O)cc(S(N)(=O)=O)c1Oc1ccc(O)cc1. The van der Waals surface area contributed by atoms with Gasteiger partial charge in [0, 0.05) is 12.1 Å². The van der Waals surface area contributed by atoms with Gasteiger partial charge in [-0.05, 0) is 63.1 Å². The Hall–Kier alpha value is -2.78. The first kappa shape index (κ1) is 20.0. The van der Waals surface area contributed by atoms with E-state index in [-0.39, 0.29) is 34.9 Å². The second-order valence-electron chi connectivity index (χ2n) is 6.95. The van der Waals surface area contributed by atoms with Crippen LogP contribution in [0.3, 0.4) is 0 Å². The average molecular weight is 406 g/mol. The highest BCUT2D eigenvalue weighted by molar-refractivity contribution is 7.89. The van der Waals surface area contributed by atoms with Gasteiger partial charge in [0.15, 0.2) is 5.75 Å². The van der Waals surface area contributed by atoms with Gasteiger partial charge in [0.05, 0.1) is 11.3 Å². The first-order valence-corrected chi connectivity index (χ1v) is 10.3. The van der Waals surface area contributed by atoms with Crippen molar-refractivity contribution in [2.24, 2.45) is 5.14 Å².